The van der Waals surface area contributed by atoms with Gasteiger partial charge in [-0.25, -0.2) is 4.39 Å². The first-order valence-electron chi connectivity index (χ1n) is 5.03. The van der Waals surface area contributed by atoms with E-state index in [1.807, 2.05) is 24.3 Å². The fourth-order valence-corrected chi connectivity index (χ4v) is 2.07. The third-order valence-electron chi connectivity index (χ3n) is 1.90. The largest absolute Gasteiger partial charge is 0.544 e. The molecule has 1 rings (SSSR count). The van der Waals surface area contributed by atoms with Gasteiger partial charge in [0.2, 0.25) is 8.32 Å². The molecule has 4 heteroatoms. The highest BCUT2D eigenvalue weighted by Crippen LogP contribution is 2.19. The molecule has 0 saturated heterocycles. The first-order valence-corrected chi connectivity index (χ1v) is 8.44. The summed E-state index contributed by atoms with van der Waals surface area (Å²) in [6.45, 7) is 5.82. The lowest BCUT2D eigenvalue weighted by molar-refractivity contribution is 0.437. The molecule has 84 valence electrons. The highest BCUT2D eigenvalue weighted by atomic mass is 28.4. The molecular formula is C11H18FNOSi. The molecule has 0 aliphatic rings. The summed E-state index contributed by atoms with van der Waals surface area (Å²) >= 11 is 0. The molecule has 2 N–H and O–H groups in total. The van der Waals surface area contributed by atoms with Crippen LogP contribution in [0.25, 0.3) is 0 Å². The van der Waals surface area contributed by atoms with Gasteiger partial charge in [0.1, 0.15) is 12.4 Å². The summed E-state index contributed by atoms with van der Waals surface area (Å²) in [4.78, 5) is 0. The maximum atomic E-state index is 12.3. The van der Waals surface area contributed by atoms with E-state index >= 15 is 0 Å². The fraction of sp³-hybridized carbons (Fsp3) is 0.455. The molecule has 0 unspecified atom stereocenters. The summed E-state index contributed by atoms with van der Waals surface area (Å²) in [5.74, 6) is 0.837. The second-order valence-electron chi connectivity index (χ2n) is 4.54. The number of hydrogen-bond donors (Lipinski definition) is 1. The van der Waals surface area contributed by atoms with Crippen molar-refractivity contribution in [2.75, 3.05) is 6.67 Å². The lowest BCUT2D eigenvalue weighted by Gasteiger charge is -2.19. The lowest BCUT2D eigenvalue weighted by atomic mass is 10.1. The Hall–Kier alpha value is -0.873. The first kappa shape index (κ1) is 12.2. The molecule has 0 spiro atoms. The molecule has 1 atom stereocenters. The molecule has 15 heavy (non-hydrogen) atoms. The zero-order valence-electron chi connectivity index (χ0n) is 9.46. The van der Waals surface area contributed by atoms with E-state index in [9.17, 15) is 4.39 Å². The predicted octanol–water partition coefficient (Wildman–Crippen LogP) is 2.87. The monoisotopic (exact) mass is 227 g/mol. The SMILES string of the molecule is C[Si](C)(C)Oc1ccc([C@H](N)CF)cc1. The molecule has 0 aliphatic carbocycles. The summed E-state index contributed by atoms with van der Waals surface area (Å²) in [6.07, 6.45) is 0. The van der Waals surface area contributed by atoms with Crippen molar-refractivity contribution in [3.8, 4) is 5.75 Å². The Morgan fingerprint density at radius 1 is 1.27 bits per heavy atom. The smallest absolute Gasteiger partial charge is 0.242 e. The van der Waals surface area contributed by atoms with Crippen LogP contribution < -0.4 is 10.2 Å². The Kier molecular flexibility index (Phi) is 3.88. The van der Waals surface area contributed by atoms with Crippen LogP contribution in [-0.4, -0.2) is 15.0 Å². The fourth-order valence-electron chi connectivity index (χ4n) is 1.23. The van der Waals surface area contributed by atoms with Crippen molar-refractivity contribution >= 4 is 8.32 Å². The Labute approximate surface area is 91.4 Å². The van der Waals surface area contributed by atoms with Gasteiger partial charge in [-0.2, -0.15) is 0 Å². The Morgan fingerprint density at radius 3 is 2.20 bits per heavy atom. The van der Waals surface area contributed by atoms with Gasteiger partial charge in [0.25, 0.3) is 0 Å². The van der Waals surface area contributed by atoms with Crippen LogP contribution in [0.2, 0.25) is 19.6 Å². The van der Waals surface area contributed by atoms with Crippen LogP contribution in [0.1, 0.15) is 11.6 Å². The summed E-state index contributed by atoms with van der Waals surface area (Å²) in [6, 6.07) is 6.82. The Balaban J connectivity index is 2.72. The second kappa shape index (κ2) is 4.77. The third kappa shape index (κ3) is 4.01. The Morgan fingerprint density at radius 2 is 1.80 bits per heavy atom. The van der Waals surface area contributed by atoms with Gasteiger partial charge in [0, 0.05) is 0 Å². The standard InChI is InChI=1S/C11H18FNOSi/c1-15(2,3)14-10-6-4-9(5-7-10)11(13)8-12/h4-7,11H,8,13H2,1-3H3/t11-/m1/s1. The number of hydrogen-bond acceptors (Lipinski definition) is 2. The van der Waals surface area contributed by atoms with Crippen molar-refractivity contribution < 1.29 is 8.82 Å². The molecule has 0 saturated carbocycles. The van der Waals surface area contributed by atoms with E-state index < -0.39 is 21.0 Å². The molecule has 0 bridgehead atoms. The van der Waals surface area contributed by atoms with Crippen molar-refractivity contribution in [1.29, 1.82) is 0 Å². The van der Waals surface area contributed by atoms with Gasteiger partial charge in [0.05, 0.1) is 6.04 Å². The average molecular weight is 227 g/mol. The van der Waals surface area contributed by atoms with Crippen LogP contribution in [0.15, 0.2) is 24.3 Å². The van der Waals surface area contributed by atoms with Crippen molar-refractivity contribution in [3.63, 3.8) is 0 Å². The summed E-state index contributed by atoms with van der Waals surface area (Å²) in [5.41, 5.74) is 6.37. The highest BCUT2D eigenvalue weighted by Gasteiger charge is 2.16. The van der Waals surface area contributed by atoms with Crippen LogP contribution in [-0.2, 0) is 0 Å². The van der Waals surface area contributed by atoms with E-state index in [4.69, 9.17) is 10.2 Å². The van der Waals surface area contributed by atoms with Gasteiger partial charge in [0.15, 0.2) is 0 Å². The quantitative estimate of drug-likeness (QED) is 0.803. The first-order chi connectivity index (χ1) is 6.92. The van der Waals surface area contributed by atoms with Gasteiger partial charge in [-0.3, -0.25) is 0 Å². The topological polar surface area (TPSA) is 35.2 Å². The van der Waals surface area contributed by atoms with Gasteiger partial charge < -0.3 is 10.2 Å². The normalized spacial score (nSPS) is 13.7. The molecular weight excluding hydrogens is 209 g/mol. The van der Waals surface area contributed by atoms with Gasteiger partial charge in [-0.1, -0.05) is 12.1 Å². The van der Waals surface area contributed by atoms with Crippen LogP contribution in [0.4, 0.5) is 4.39 Å². The van der Waals surface area contributed by atoms with Gasteiger partial charge in [-0.05, 0) is 37.3 Å². The lowest BCUT2D eigenvalue weighted by Crippen LogP contribution is -2.29. The zero-order chi connectivity index (χ0) is 11.5. The number of benzene rings is 1. The van der Waals surface area contributed by atoms with Crippen molar-refractivity contribution in [2.45, 2.75) is 25.7 Å². The van der Waals surface area contributed by atoms with Crippen LogP contribution in [0.5, 0.6) is 5.75 Å². The second-order valence-corrected chi connectivity index (χ2v) is 8.97. The van der Waals surface area contributed by atoms with E-state index in [0.29, 0.717) is 0 Å². The molecule has 0 fully saturated rings. The molecule has 2 nitrogen and oxygen atoms in total. The van der Waals surface area contributed by atoms with Crippen LogP contribution in [0.3, 0.4) is 0 Å². The number of rotatable bonds is 4. The molecule has 1 aromatic rings. The molecule has 0 aliphatic heterocycles. The minimum absolute atomic E-state index is 0.522. The third-order valence-corrected chi connectivity index (χ3v) is 2.75. The molecule has 0 aromatic heterocycles. The minimum atomic E-state index is -1.56. The Bertz CT molecular complexity index is 307. The van der Waals surface area contributed by atoms with Gasteiger partial charge in [-0.15, -0.1) is 0 Å². The average Bonchev–Trinajstić information content (AvgIpc) is 2.15. The maximum Gasteiger partial charge on any atom is 0.242 e. The van der Waals surface area contributed by atoms with E-state index in [0.717, 1.165) is 11.3 Å². The molecule has 1 aromatic carbocycles. The van der Waals surface area contributed by atoms with Crippen molar-refractivity contribution in [2.24, 2.45) is 5.73 Å². The molecule has 0 radical (unpaired) electrons. The van der Waals surface area contributed by atoms with E-state index in [2.05, 4.69) is 19.6 Å². The van der Waals surface area contributed by atoms with E-state index in [1.165, 1.54) is 0 Å². The number of alkyl halides is 1. The summed E-state index contributed by atoms with van der Waals surface area (Å²) in [5, 5.41) is 0. The molecule has 0 amide bonds. The van der Waals surface area contributed by atoms with E-state index in [-0.39, 0.29) is 0 Å². The van der Waals surface area contributed by atoms with Crippen LogP contribution >= 0.6 is 0 Å². The minimum Gasteiger partial charge on any atom is -0.544 e. The van der Waals surface area contributed by atoms with Crippen molar-refractivity contribution in [1.82, 2.24) is 0 Å². The molecule has 0 heterocycles. The van der Waals surface area contributed by atoms with Crippen LogP contribution in [0, 0.1) is 0 Å². The van der Waals surface area contributed by atoms with Crippen molar-refractivity contribution in [3.05, 3.63) is 29.8 Å². The number of halogens is 1. The van der Waals surface area contributed by atoms with Gasteiger partial charge >= 0.3 is 0 Å². The number of nitrogens with two attached hydrogens (primary N) is 1. The zero-order valence-corrected chi connectivity index (χ0v) is 10.5. The predicted molar refractivity (Wildman–Crippen MR) is 63.3 cm³/mol. The highest BCUT2D eigenvalue weighted by molar-refractivity contribution is 6.70. The summed E-state index contributed by atoms with van der Waals surface area (Å²) < 4.78 is 18.1. The maximum absolute atomic E-state index is 12.3. The van der Waals surface area contributed by atoms with E-state index in [1.54, 1.807) is 0 Å². The summed E-state index contributed by atoms with van der Waals surface area (Å²) in [7, 11) is -1.56.